The number of hydrogen-bond acceptors (Lipinski definition) is 2. The predicted octanol–water partition coefficient (Wildman–Crippen LogP) is 0.801. The van der Waals surface area contributed by atoms with Crippen molar-refractivity contribution in [1.29, 1.82) is 0 Å². The lowest BCUT2D eigenvalue weighted by Crippen LogP contribution is -2.37. The molecule has 0 spiro atoms. The van der Waals surface area contributed by atoms with E-state index in [1.807, 2.05) is 13.8 Å². The molecule has 1 aliphatic rings. The zero-order valence-electron chi connectivity index (χ0n) is 7.39. The second kappa shape index (κ2) is 3.42. The maximum atomic E-state index is 4.31. The van der Waals surface area contributed by atoms with Gasteiger partial charge in [0.05, 0.1) is 6.54 Å². The Bertz CT molecular complexity index is 194. The number of allylic oxidation sites excluding steroid dienone is 1. The van der Waals surface area contributed by atoms with Crippen LogP contribution in [0.1, 0.15) is 13.8 Å². The van der Waals surface area contributed by atoms with E-state index >= 15 is 0 Å². The average Bonchev–Trinajstić information content (AvgIpc) is 1.85. The van der Waals surface area contributed by atoms with Crippen LogP contribution in [0, 0.1) is 0 Å². The Morgan fingerprint density at radius 2 is 2.45 bits per heavy atom. The molecule has 0 bridgehead atoms. The van der Waals surface area contributed by atoms with Crippen molar-refractivity contribution in [3.8, 4) is 0 Å². The van der Waals surface area contributed by atoms with Crippen molar-refractivity contribution >= 4 is 5.84 Å². The highest BCUT2D eigenvalue weighted by Gasteiger charge is 2.07. The SMILES string of the molecule is CCN=C1CN(C)C=C(C)N1. The van der Waals surface area contributed by atoms with Crippen LogP contribution in [0.2, 0.25) is 0 Å². The summed E-state index contributed by atoms with van der Waals surface area (Å²) in [6.07, 6.45) is 2.08. The fraction of sp³-hybridized carbons (Fsp3) is 0.625. The quantitative estimate of drug-likeness (QED) is 0.603. The third-order valence-electron chi connectivity index (χ3n) is 1.50. The van der Waals surface area contributed by atoms with Gasteiger partial charge in [-0.2, -0.15) is 0 Å². The normalized spacial score (nSPS) is 21.5. The Hall–Kier alpha value is -0.990. The van der Waals surface area contributed by atoms with Crippen molar-refractivity contribution < 1.29 is 0 Å². The van der Waals surface area contributed by atoms with Crippen LogP contribution in [0.25, 0.3) is 0 Å². The molecule has 1 heterocycles. The highest BCUT2D eigenvalue weighted by Crippen LogP contribution is 1.99. The summed E-state index contributed by atoms with van der Waals surface area (Å²) in [6.45, 7) is 5.83. The first-order valence-electron chi connectivity index (χ1n) is 3.91. The van der Waals surface area contributed by atoms with Crippen molar-refractivity contribution in [2.45, 2.75) is 13.8 Å². The summed E-state index contributed by atoms with van der Waals surface area (Å²) in [4.78, 5) is 6.43. The van der Waals surface area contributed by atoms with Gasteiger partial charge in [-0.25, -0.2) is 0 Å². The highest BCUT2D eigenvalue weighted by molar-refractivity contribution is 5.86. The van der Waals surface area contributed by atoms with Gasteiger partial charge in [-0.15, -0.1) is 0 Å². The van der Waals surface area contributed by atoms with Gasteiger partial charge in [-0.1, -0.05) is 0 Å². The van der Waals surface area contributed by atoms with E-state index < -0.39 is 0 Å². The standard InChI is InChI=1S/C8H15N3/c1-4-9-8-6-11(3)5-7(2)10-8/h5H,4,6H2,1-3H3,(H,9,10). The Labute approximate surface area is 67.8 Å². The minimum Gasteiger partial charge on any atom is -0.372 e. The molecule has 1 aliphatic heterocycles. The number of amidine groups is 1. The number of nitrogens with one attached hydrogen (secondary N) is 1. The second-order valence-corrected chi connectivity index (χ2v) is 2.77. The molecule has 0 aliphatic carbocycles. The van der Waals surface area contributed by atoms with E-state index in [-0.39, 0.29) is 0 Å². The van der Waals surface area contributed by atoms with Gasteiger partial charge in [-0.3, -0.25) is 4.99 Å². The molecule has 0 atom stereocenters. The molecule has 0 radical (unpaired) electrons. The number of aliphatic imine (C=N–C) groups is 1. The molecule has 1 rings (SSSR count). The van der Waals surface area contributed by atoms with Crippen LogP contribution < -0.4 is 5.32 Å². The molecule has 0 fully saturated rings. The van der Waals surface area contributed by atoms with Crippen molar-refractivity contribution in [3.63, 3.8) is 0 Å². The lowest BCUT2D eigenvalue weighted by Gasteiger charge is -2.23. The highest BCUT2D eigenvalue weighted by atomic mass is 15.2. The number of rotatable bonds is 1. The van der Waals surface area contributed by atoms with Gasteiger partial charge in [-0.05, 0) is 13.8 Å². The minimum atomic E-state index is 0.851. The fourth-order valence-corrected chi connectivity index (χ4v) is 1.19. The second-order valence-electron chi connectivity index (χ2n) is 2.77. The average molecular weight is 153 g/mol. The van der Waals surface area contributed by atoms with Crippen LogP contribution in [-0.2, 0) is 0 Å². The summed E-state index contributed by atoms with van der Waals surface area (Å²) in [5.74, 6) is 1.06. The molecule has 0 saturated carbocycles. The first-order chi connectivity index (χ1) is 5.22. The van der Waals surface area contributed by atoms with Crippen LogP contribution >= 0.6 is 0 Å². The van der Waals surface area contributed by atoms with Gasteiger partial charge in [0.15, 0.2) is 0 Å². The van der Waals surface area contributed by atoms with Gasteiger partial charge in [0, 0.05) is 25.5 Å². The number of nitrogens with zero attached hydrogens (tertiary/aromatic N) is 2. The largest absolute Gasteiger partial charge is 0.372 e. The predicted molar refractivity (Wildman–Crippen MR) is 47.5 cm³/mol. The van der Waals surface area contributed by atoms with Gasteiger partial charge in [0.1, 0.15) is 5.84 Å². The van der Waals surface area contributed by atoms with E-state index in [0.29, 0.717) is 0 Å². The maximum absolute atomic E-state index is 4.31. The Kier molecular flexibility index (Phi) is 2.52. The summed E-state index contributed by atoms with van der Waals surface area (Å²) in [6, 6.07) is 0. The molecular formula is C8H15N3. The molecule has 3 nitrogen and oxygen atoms in total. The van der Waals surface area contributed by atoms with Crippen molar-refractivity contribution in [2.75, 3.05) is 20.1 Å². The molecule has 3 heteroatoms. The number of hydrogen-bond donors (Lipinski definition) is 1. The summed E-state index contributed by atoms with van der Waals surface area (Å²) in [5, 5.41) is 3.22. The topological polar surface area (TPSA) is 27.6 Å². The fourth-order valence-electron chi connectivity index (χ4n) is 1.19. The molecule has 0 unspecified atom stereocenters. The van der Waals surface area contributed by atoms with Crippen LogP contribution in [0.4, 0.5) is 0 Å². The van der Waals surface area contributed by atoms with E-state index in [2.05, 4.69) is 28.5 Å². The van der Waals surface area contributed by atoms with E-state index in [1.54, 1.807) is 0 Å². The van der Waals surface area contributed by atoms with Crippen LogP contribution in [0.5, 0.6) is 0 Å². The van der Waals surface area contributed by atoms with E-state index in [9.17, 15) is 0 Å². The molecule has 11 heavy (non-hydrogen) atoms. The van der Waals surface area contributed by atoms with Gasteiger partial charge in [0.25, 0.3) is 0 Å². The molecule has 0 aromatic heterocycles. The van der Waals surface area contributed by atoms with Gasteiger partial charge >= 0.3 is 0 Å². The smallest absolute Gasteiger partial charge is 0.120 e. The van der Waals surface area contributed by atoms with Crippen LogP contribution in [-0.4, -0.2) is 30.9 Å². The van der Waals surface area contributed by atoms with Crippen molar-refractivity contribution in [1.82, 2.24) is 10.2 Å². The summed E-state index contributed by atoms with van der Waals surface area (Å²) >= 11 is 0. The monoisotopic (exact) mass is 153 g/mol. The third-order valence-corrected chi connectivity index (χ3v) is 1.50. The lowest BCUT2D eigenvalue weighted by molar-refractivity contribution is 0.497. The molecule has 1 N–H and O–H groups in total. The minimum absolute atomic E-state index is 0.851. The first-order valence-corrected chi connectivity index (χ1v) is 3.91. The molecule has 0 aromatic rings. The maximum Gasteiger partial charge on any atom is 0.120 e. The zero-order valence-corrected chi connectivity index (χ0v) is 7.39. The van der Waals surface area contributed by atoms with Crippen molar-refractivity contribution in [3.05, 3.63) is 11.9 Å². The Morgan fingerprint density at radius 1 is 1.73 bits per heavy atom. The van der Waals surface area contributed by atoms with Crippen LogP contribution in [0.15, 0.2) is 16.9 Å². The van der Waals surface area contributed by atoms with E-state index in [0.717, 1.165) is 24.6 Å². The molecule has 0 amide bonds. The van der Waals surface area contributed by atoms with Gasteiger partial charge in [0.2, 0.25) is 0 Å². The van der Waals surface area contributed by atoms with E-state index in [4.69, 9.17) is 0 Å². The first kappa shape index (κ1) is 8.11. The lowest BCUT2D eigenvalue weighted by atomic mass is 10.3. The molecule has 0 saturated heterocycles. The third kappa shape index (κ3) is 2.26. The summed E-state index contributed by atoms with van der Waals surface area (Å²) < 4.78 is 0. The molecule has 62 valence electrons. The molecule has 0 aromatic carbocycles. The summed E-state index contributed by atoms with van der Waals surface area (Å²) in [5.41, 5.74) is 1.16. The summed E-state index contributed by atoms with van der Waals surface area (Å²) in [7, 11) is 2.05. The zero-order chi connectivity index (χ0) is 8.27. The van der Waals surface area contributed by atoms with Crippen LogP contribution in [0.3, 0.4) is 0 Å². The van der Waals surface area contributed by atoms with Gasteiger partial charge < -0.3 is 10.2 Å². The Balaban J connectivity index is 2.64. The number of likely N-dealkylation sites (N-methyl/N-ethyl adjacent to an activating group) is 1. The Morgan fingerprint density at radius 3 is 3.00 bits per heavy atom. The van der Waals surface area contributed by atoms with Crippen molar-refractivity contribution in [2.24, 2.45) is 4.99 Å². The molecular weight excluding hydrogens is 138 g/mol. The van der Waals surface area contributed by atoms with E-state index in [1.165, 1.54) is 0 Å².